The molecule has 0 aliphatic carbocycles. The third kappa shape index (κ3) is 4.15. The maximum Gasteiger partial charge on any atom is 0.255 e. The van der Waals surface area contributed by atoms with Gasteiger partial charge in [0.15, 0.2) is 0 Å². The van der Waals surface area contributed by atoms with Crippen LogP contribution in [0.1, 0.15) is 42.1 Å². The number of piperidine rings is 1. The van der Waals surface area contributed by atoms with Gasteiger partial charge >= 0.3 is 0 Å². The van der Waals surface area contributed by atoms with Crippen molar-refractivity contribution in [3.05, 3.63) is 59.7 Å². The summed E-state index contributed by atoms with van der Waals surface area (Å²) in [6.07, 6.45) is 3.92. The molecule has 4 heteroatoms. The number of rotatable bonds is 4. The molecule has 1 heterocycles. The SMILES string of the molecule is CC1CCCCN1Cc1ccc(NC(=O)c2cccc(N)c2)cc1. The number of hydrogen-bond donors (Lipinski definition) is 2. The number of anilines is 2. The van der Waals surface area contributed by atoms with E-state index >= 15 is 0 Å². The second-order valence-electron chi connectivity index (χ2n) is 6.59. The van der Waals surface area contributed by atoms with Crippen LogP contribution in [0.3, 0.4) is 0 Å². The Morgan fingerprint density at radius 2 is 2.00 bits per heavy atom. The molecule has 24 heavy (non-hydrogen) atoms. The first-order valence-electron chi connectivity index (χ1n) is 8.62. The summed E-state index contributed by atoms with van der Waals surface area (Å²) in [6.45, 7) is 4.46. The van der Waals surface area contributed by atoms with Gasteiger partial charge in [-0.25, -0.2) is 0 Å². The zero-order chi connectivity index (χ0) is 16.9. The highest BCUT2D eigenvalue weighted by Gasteiger charge is 2.18. The number of likely N-dealkylation sites (tertiary alicyclic amines) is 1. The van der Waals surface area contributed by atoms with Gasteiger partial charge in [-0.05, 0) is 62.2 Å². The molecule has 1 aliphatic rings. The van der Waals surface area contributed by atoms with Crippen LogP contribution in [0.25, 0.3) is 0 Å². The lowest BCUT2D eigenvalue weighted by molar-refractivity contribution is 0.102. The summed E-state index contributed by atoms with van der Waals surface area (Å²) in [4.78, 5) is 14.8. The van der Waals surface area contributed by atoms with E-state index in [9.17, 15) is 4.79 Å². The van der Waals surface area contributed by atoms with Crippen molar-refractivity contribution in [1.82, 2.24) is 4.90 Å². The van der Waals surface area contributed by atoms with E-state index in [0.29, 0.717) is 17.3 Å². The number of carbonyl (C=O) groups excluding carboxylic acids is 1. The Morgan fingerprint density at radius 1 is 1.21 bits per heavy atom. The molecular formula is C20H25N3O. The molecular weight excluding hydrogens is 298 g/mol. The monoisotopic (exact) mass is 323 g/mol. The van der Waals surface area contributed by atoms with Crippen molar-refractivity contribution < 1.29 is 4.79 Å². The lowest BCUT2D eigenvalue weighted by atomic mass is 10.0. The summed E-state index contributed by atoms with van der Waals surface area (Å²) in [7, 11) is 0. The number of nitrogens with one attached hydrogen (secondary N) is 1. The van der Waals surface area contributed by atoms with E-state index in [0.717, 1.165) is 12.2 Å². The van der Waals surface area contributed by atoms with Gasteiger partial charge in [0.1, 0.15) is 0 Å². The van der Waals surface area contributed by atoms with Crippen LogP contribution in [0, 0.1) is 0 Å². The maximum atomic E-state index is 12.2. The highest BCUT2D eigenvalue weighted by atomic mass is 16.1. The lowest BCUT2D eigenvalue weighted by Gasteiger charge is -2.33. The maximum absolute atomic E-state index is 12.2. The first-order chi connectivity index (χ1) is 11.6. The van der Waals surface area contributed by atoms with Gasteiger partial charge in [-0.15, -0.1) is 0 Å². The minimum Gasteiger partial charge on any atom is -0.399 e. The number of amides is 1. The fourth-order valence-electron chi connectivity index (χ4n) is 3.20. The Morgan fingerprint density at radius 3 is 2.71 bits per heavy atom. The fourth-order valence-corrected chi connectivity index (χ4v) is 3.20. The molecule has 4 nitrogen and oxygen atoms in total. The molecule has 0 bridgehead atoms. The van der Waals surface area contributed by atoms with Gasteiger partial charge in [-0.2, -0.15) is 0 Å². The van der Waals surface area contributed by atoms with Crippen LogP contribution < -0.4 is 11.1 Å². The number of benzene rings is 2. The molecule has 126 valence electrons. The molecule has 0 radical (unpaired) electrons. The number of nitrogen functional groups attached to an aromatic ring is 1. The minimum absolute atomic E-state index is 0.139. The van der Waals surface area contributed by atoms with Crippen LogP contribution in [0.15, 0.2) is 48.5 Å². The average Bonchev–Trinajstić information content (AvgIpc) is 2.58. The van der Waals surface area contributed by atoms with E-state index < -0.39 is 0 Å². The predicted octanol–water partition coefficient (Wildman–Crippen LogP) is 3.90. The van der Waals surface area contributed by atoms with E-state index in [-0.39, 0.29) is 5.91 Å². The van der Waals surface area contributed by atoms with Crippen molar-refractivity contribution in [3.8, 4) is 0 Å². The van der Waals surface area contributed by atoms with Crippen molar-refractivity contribution in [2.24, 2.45) is 0 Å². The lowest BCUT2D eigenvalue weighted by Crippen LogP contribution is -2.36. The summed E-state index contributed by atoms with van der Waals surface area (Å²) in [5, 5.41) is 2.92. The number of nitrogens with two attached hydrogens (primary N) is 1. The summed E-state index contributed by atoms with van der Waals surface area (Å²) < 4.78 is 0. The average molecular weight is 323 g/mol. The van der Waals surface area contributed by atoms with Gasteiger partial charge in [0.2, 0.25) is 0 Å². The van der Waals surface area contributed by atoms with Gasteiger partial charge in [0.05, 0.1) is 0 Å². The zero-order valence-corrected chi connectivity index (χ0v) is 14.2. The molecule has 0 aromatic heterocycles. The zero-order valence-electron chi connectivity index (χ0n) is 14.2. The van der Waals surface area contributed by atoms with E-state index in [2.05, 4.69) is 29.3 Å². The molecule has 1 fully saturated rings. The third-order valence-corrected chi connectivity index (χ3v) is 4.69. The van der Waals surface area contributed by atoms with Crippen molar-refractivity contribution in [2.75, 3.05) is 17.6 Å². The van der Waals surface area contributed by atoms with E-state index in [4.69, 9.17) is 5.73 Å². The standard InChI is InChI=1S/C20H25N3O/c1-15-5-2-3-12-23(15)14-16-8-10-19(11-9-16)22-20(24)17-6-4-7-18(21)13-17/h4,6-11,13,15H,2-3,5,12,14,21H2,1H3,(H,22,24). The van der Waals surface area contributed by atoms with Crippen molar-refractivity contribution in [2.45, 2.75) is 38.8 Å². The van der Waals surface area contributed by atoms with Crippen LogP contribution in [0.5, 0.6) is 0 Å². The van der Waals surface area contributed by atoms with Gasteiger partial charge in [0.25, 0.3) is 5.91 Å². The summed E-state index contributed by atoms with van der Waals surface area (Å²) in [5.74, 6) is -0.139. The Balaban J connectivity index is 1.61. The molecule has 2 aromatic rings. The number of hydrogen-bond acceptors (Lipinski definition) is 3. The molecule has 1 aliphatic heterocycles. The quantitative estimate of drug-likeness (QED) is 0.839. The van der Waals surface area contributed by atoms with Gasteiger partial charge in [0, 0.05) is 29.5 Å². The van der Waals surface area contributed by atoms with Crippen molar-refractivity contribution in [3.63, 3.8) is 0 Å². The molecule has 2 aromatic carbocycles. The van der Waals surface area contributed by atoms with Crippen LogP contribution in [0.4, 0.5) is 11.4 Å². The third-order valence-electron chi connectivity index (χ3n) is 4.69. The largest absolute Gasteiger partial charge is 0.399 e. The van der Waals surface area contributed by atoms with Crippen LogP contribution >= 0.6 is 0 Å². The number of nitrogens with zero attached hydrogens (tertiary/aromatic N) is 1. The van der Waals surface area contributed by atoms with Crippen LogP contribution in [0.2, 0.25) is 0 Å². The normalized spacial score (nSPS) is 18.3. The first-order valence-corrected chi connectivity index (χ1v) is 8.62. The van der Waals surface area contributed by atoms with E-state index in [1.165, 1.54) is 31.4 Å². The number of carbonyl (C=O) groups is 1. The molecule has 3 N–H and O–H groups in total. The Kier molecular flexibility index (Phi) is 5.16. The fraction of sp³-hybridized carbons (Fsp3) is 0.350. The van der Waals surface area contributed by atoms with Gasteiger partial charge in [-0.3, -0.25) is 9.69 Å². The molecule has 1 amide bonds. The Hall–Kier alpha value is -2.33. The summed E-state index contributed by atoms with van der Waals surface area (Å²) in [5.41, 5.74) is 8.97. The van der Waals surface area contributed by atoms with Crippen molar-refractivity contribution >= 4 is 17.3 Å². The highest BCUT2D eigenvalue weighted by molar-refractivity contribution is 6.04. The molecule has 0 saturated carbocycles. The van der Waals surface area contributed by atoms with Gasteiger partial charge < -0.3 is 11.1 Å². The van der Waals surface area contributed by atoms with Crippen LogP contribution in [-0.4, -0.2) is 23.4 Å². The second-order valence-corrected chi connectivity index (χ2v) is 6.59. The first kappa shape index (κ1) is 16.5. The topological polar surface area (TPSA) is 58.4 Å². The highest BCUT2D eigenvalue weighted by Crippen LogP contribution is 2.20. The summed E-state index contributed by atoms with van der Waals surface area (Å²) >= 11 is 0. The molecule has 1 atom stereocenters. The van der Waals surface area contributed by atoms with Crippen molar-refractivity contribution in [1.29, 1.82) is 0 Å². The predicted molar refractivity (Wildman–Crippen MR) is 99.0 cm³/mol. The minimum atomic E-state index is -0.139. The van der Waals surface area contributed by atoms with Gasteiger partial charge in [-0.1, -0.05) is 24.6 Å². The summed E-state index contributed by atoms with van der Waals surface area (Å²) in [6, 6.07) is 15.8. The molecule has 1 saturated heterocycles. The Bertz CT molecular complexity index is 696. The molecule has 1 unspecified atom stereocenters. The smallest absolute Gasteiger partial charge is 0.255 e. The van der Waals surface area contributed by atoms with E-state index in [1.54, 1.807) is 24.3 Å². The van der Waals surface area contributed by atoms with Crippen LogP contribution in [-0.2, 0) is 6.54 Å². The Labute approximate surface area is 143 Å². The second kappa shape index (κ2) is 7.49. The molecule has 3 rings (SSSR count). The van der Waals surface area contributed by atoms with E-state index in [1.807, 2.05) is 12.1 Å². The molecule has 0 spiro atoms.